The average Bonchev–Trinajstić information content (AvgIpc) is 2.28. The minimum Gasteiger partial charge on any atom is -0.324 e. The Morgan fingerprint density at radius 1 is 1.22 bits per heavy atom. The van der Waals surface area contributed by atoms with Crippen molar-refractivity contribution in [2.45, 2.75) is 13.0 Å². The molecule has 0 aliphatic carbocycles. The van der Waals surface area contributed by atoms with Crippen molar-refractivity contribution in [1.29, 1.82) is 0 Å². The van der Waals surface area contributed by atoms with E-state index in [1.165, 1.54) is 0 Å². The second kappa shape index (κ2) is 6.52. The van der Waals surface area contributed by atoms with Crippen LogP contribution in [0.2, 0.25) is 0 Å². The molecule has 4 heteroatoms. The molecule has 0 saturated heterocycles. The molecule has 18 heavy (non-hydrogen) atoms. The zero-order valence-electron chi connectivity index (χ0n) is 11.9. The van der Waals surface area contributed by atoms with Gasteiger partial charge < -0.3 is 10.2 Å². The van der Waals surface area contributed by atoms with Gasteiger partial charge in [-0.05, 0) is 46.7 Å². The van der Waals surface area contributed by atoms with E-state index in [0.717, 1.165) is 11.3 Å². The molecule has 1 unspecified atom stereocenters. The van der Waals surface area contributed by atoms with Gasteiger partial charge in [-0.15, -0.1) is 0 Å². The summed E-state index contributed by atoms with van der Waals surface area (Å²) in [5.74, 6) is 0.0306. The summed E-state index contributed by atoms with van der Waals surface area (Å²) >= 11 is 0. The summed E-state index contributed by atoms with van der Waals surface area (Å²) in [6.45, 7) is 2.69. The summed E-state index contributed by atoms with van der Waals surface area (Å²) in [4.78, 5) is 16.2. The maximum Gasteiger partial charge on any atom is 0.243 e. The highest BCUT2D eigenvalue weighted by atomic mass is 16.2. The lowest BCUT2D eigenvalue weighted by atomic mass is 10.1. The third kappa shape index (κ3) is 4.13. The molecule has 4 nitrogen and oxygen atoms in total. The van der Waals surface area contributed by atoms with Crippen LogP contribution >= 0.6 is 0 Å². The number of nitrogens with one attached hydrogen (secondary N) is 1. The fourth-order valence-electron chi connectivity index (χ4n) is 1.76. The number of rotatable bonds is 5. The molecule has 1 rings (SSSR count). The van der Waals surface area contributed by atoms with Crippen LogP contribution in [-0.4, -0.2) is 56.5 Å². The van der Waals surface area contributed by atoms with Crippen molar-refractivity contribution in [3.8, 4) is 0 Å². The summed E-state index contributed by atoms with van der Waals surface area (Å²) in [5, 5.41) is 2.99. The van der Waals surface area contributed by atoms with Crippen LogP contribution in [0.15, 0.2) is 24.3 Å². The number of carbonyl (C=O) groups excluding carboxylic acids is 1. The molecule has 1 atom stereocenters. The van der Waals surface area contributed by atoms with Gasteiger partial charge in [0.1, 0.15) is 6.04 Å². The quantitative estimate of drug-likeness (QED) is 0.857. The fraction of sp³-hybridized carbons (Fsp3) is 0.500. The number of aryl methyl sites for hydroxylation is 1. The first kappa shape index (κ1) is 14.7. The zero-order chi connectivity index (χ0) is 13.7. The molecule has 0 aromatic heterocycles. The van der Waals surface area contributed by atoms with Crippen molar-refractivity contribution in [2.75, 3.05) is 40.1 Å². The number of benzene rings is 1. The highest BCUT2D eigenvalue weighted by Crippen LogP contribution is 2.14. The predicted octanol–water partition coefficient (Wildman–Crippen LogP) is 1.43. The highest BCUT2D eigenvalue weighted by molar-refractivity contribution is 5.95. The van der Waals surface area contributed by atoms with Gasteiger partial charge in [-0.25, -0.2) is 0 Å². The molecular formula is C14H23N3O. The van der Waals surface area contributed by atoms with Crippen molar-refractivity contribution >= 4 is 11.6 Å². The molecule has 0 heterocycles. The normalized spacial score (nSPS) is 12.8. The minimum absolute atomic E-state index is 0.0306. The number of carbonyl (C=O) groups is 1. The maximum absolute atomic E-state index is 12.3. The lowest BCUT2D eigenvalue weighted by Gasteiger charge is -2.26. The van der Waals surface area contributed by atoms with E-state index >= 15 is 0 Å². The molecule has 1 aromatic rings. The smallest absolute Gasteiger partial charge is 0.243 e. The largest absolute Gasteiger partial charge is 0.324 e. The lowest BCUT2D eigenvalue weighted by molar-refractivity contribution is -0.120. The Morgan fingerprint density at radius 3 is 2.33 bits per heavy atom. The van der Waals surface area contributed by atoms with Gasteiger partial charge in [0, 0.05) is 12.2 Å². The first-order valence-electron chi connectivity index (χ1n) is 6.09. The summed E-state index contributed by atoms with van der Waals surface area (Å²) in [5.41, 5.74) is 1.96. The van der Waals surface area contributed by atoms with E-state index in [-0.39, 0.29) is 11.9 Å². The molecule has 1 N–H and O–H groups in total. The number of hydrogen-bond donors (Lipinski definition) is 1. The molecule has 0 aliphatic heterocycles. The van der Waals surface area contributed by atoms with Crippen molar-refractivity contribution in [3.05, 3.63) is 29.8 Å². The second-order valence-electron chi connectivity index (χ2n) is 5.05. The number of hydrogen-bond acceptors (Lipinski definition) is 3. The Balaban J connectivity index is 2.76. The zero-order valence-corrected chi connectivity index (χ0v) is 11.9. The molecule has 0 bridgehead atoms. The van der Waals surface area contributed by atoms with Crippen LogP contribution in [0.1, 0.15) is 5.56 Å². The van der Waals surface area contributed by atoms with Crippen LogP contribution in [0.5, 0.6) is 0 Å². The Morgan fingerprint density at radius 2 is 1.83 bits per heavy atom. The Hall–Kier alpha value is -1.39. The Bertz CT molecular complexity index is 402. The molecule has 0 saturated carbocycles. The molecule has 1 aromatic carbocycles. The molecule has 0 spiro atoms. The van der Waals surface area contributed by atoms with E-state index < -0.39 is 0 Å². The van der Waals surface area contributed by atoms with Crippen LogP contribution in [-0.2, 0) is 4.79 Å². The third-order valence-corrected chi connectivity index (χ3v) is 2.87. The van der Waals surface area contributed by atoms with Crippen molar-refractivity contribution in [1.82, 2.24) is 9.80 Å². The van der Waals surface area contributed by atoms with E-state index in [4.69, 9.17) is 0 Å². The van der Waals surface area contributed by atoms with Gasteiger partial charge in [-0.2, -0.15) is 0 Å². The standard InChI is InChI=1S/C14H23N3O/c1-11-8-6-7-9-12(11)15-14(18)13(17(4)5)10-16(2)3/h6-9,13H,10H2,1-5H3,(H,15,18). The number of nitrogens with zero attached hydrogens (tertiary/aromatic N) is 2. The van der Waals surface area contributed by atoms with E-state index in [9.17, 15) is 4.79 Å². The molecule has 0 fully saturated rings. The molecule has 0 radical (unpaired) electrons. The van der Waals surface area contributed by atoms with Crippen molar-refractivity contribution in [3.63, 3.8) is 0 Å². The van der Waals surface area contributed by atoms with Crippen LogP contribution < -0.4 is 5.32 Å². The van der Waals surface area contributed by atoms with Crippen LogP contribution in [0.4, 0.5) is 5.69 Å². The molecule has 100 valence electrons. The number of amides is 1. The van der Waals surface area contributed by atoms with Gasteiger partial charge in [-0.1, -0.05) is 18.2 Å². The molecule has 0 aliphatic rings. The van der Waals surface area contributed by atoms with E-state index in [2.05, 4.69) is 5.32 Å². The van der Waals surface area contributed by atoms with Gasteiger partial charge in [0.2, 0.25) is 5.91 Å². The van der Waals surface area contributed by atoms with E-state index in [1.807, 2.05) is 69.2 Å². The Kier molecular flexibility index (Phi) is 5.31. The summed E-state index contributed by atoms with van der Waals surface area (Å²) in [6.07, 6.45) is 0. The number of para-hydroxylation sites is 1. The predicted molar refractivity (Wildman–Crippen MR) is 75.8 cm³/mol. The van der Waals surface area contributed by atoms with Crippen LogP contribution in [0, 0.1) is 6.92 Å². The SMILES string of the molecule is Cc1ccccc1NC(=O)C(CN(C)C)N(C)C. The third-order valence-electron chi connectivity index (χ3n) is 2.87. The highest BCUT2D eigenvalue weighted by Gasteiger charge is 2.21. The lowest BCUT2D eigenvalue weighted by Crippen LogP contribution is -2.46. The average molecular weight is 249 g/mol. The van der Waals surface area contributed by atoms with Crippen LogP contribution in [0.25, 0.3) is 0 Å². The molecular weight excluding hydrogens is 226 g/mol. The molecule has 1 amide bonds. The topological polar surface area (TPSA) is 35.6 Å². The van der Waals surface area contributed by atoms with Crippen molar-refractivity contribution < 1.29 is 4.79 Å². The number of anilines is 1. The summed E-state index contributed by atoms with van der Waals surface area (Å²) < 4.78 is 0. The second-order valence-corrected chi connectivity index (χ2v) is 5.05. The number of likely N-dealkylation sites (N-methyl/N-ethyl adjacent to an activating group) is 2. The van der Waals surface area contributed by atoms with Crippen LogP contribution in [0.3, 0.4) is 0 Å². The van der Waals surface area contributed by atoms with Gasteiger partial charge in [0.25, 0.3) is 0 Å². The van der Waals surface area contributed by atoms with E-state index in [0.29, 0.717) is 6.54 Å². The minimum atomic E-state index is -0.153. The summed E-state index contributed by atoms with van der Waals surface area (Å²) in [6, 6.07) is 7.66. The fourth-order valence-corrected chi connectivity index (χ4v) is 1.76. The monoisotopic (exact) mass is 249 g/mol. The first-order valence-corrected chi connectivity index (χ1v) is 6.09. The maximum atomic E-state index is 12.3. The van der Waals surface area contributed by atoms with Crippen molar-refractivity contribution in [2.24, 2.45) is 0 Å². The van der Waals surface area contributed by atoms with Gasteiger partial charge in [0.05, 0.1) is 0 Å². The van der Waals surface area contributed by atoms with Gasteiger partial charge >= 0.3 is 0 Å². The van der Waals surface area contributed by atoms with E-state index in [1.54, 1.807) is 0 Å². The van der Waals surface area contributed by atoms with Gasteiger partial charge in [0.15, 0.2) is 0 Å². The Labute approximate surface area is 110 Å². The summed E-state index contributed by atoms with van der Waals surface area (Å²) in [7, 11) is 7.78. The van der Waals surface area contributed by atoms with Gasteiger partial charge in [-0.3, -0.25) is 9.69 Å². The first-order chi connectivity index (χ1) is 8.41.